The van der Waals surface area contributed by atoms with Crippen molar-refractivity contribution in [2.24, 2.45) is 10.2 Å². The van der Waals surface area contributed by atoms with Gasteiger partial charge in [0.2, 0.25) is 5.91 Å². The summed E-state index contributed by atoms with van der Waals surface area (Å²) < 4.78 is 5.26. The molecule has 1 amide bonds. The number of hydrogen-bond donors (Lipinski definition) is 2. The van der Waals surface area contributed by atoms with E-state index in [2.05, 4.69) is 15.5 Å². The van der Waals surface area contributed by atoms with Crippen molar-refractivity contribution < 1.29 is 19.4 Å². The van der Waals surface area contributed by atoms with Crippen LogP contribution >= 0.6 is 11.8 Å². The number of thioether (sulfide) groups is 1. The van der Waals surface area contributed by atoms with Gasteiger partial charge in [-0.2, -0.15) is 5.10 Å². The fourth-order valence-electron chi connectivity index (χ4n) is 2.70. The Hall–Kier alpha value is -2.35. The van der Waals surface area contributed by atoms with Gasteiger partial charge in [0.1, 0.15) is 11.0 Å². The van der Waals surface area contributed by atoms with Crippen molar-refractivity contribution in [2.45, 2.75) is 30.9 Å². The standard InChI is InChI=1S/C16H17N3O4S/c1-23-10-6-5-9-3-2-4-12(11(9)7-10)18-19-16-17-15(22)13(24-16)8-14(20)21/h5-7,13H,2-4,8H2,1H3,(H,20,21)(H,17,19,22). The summed E-state index contributed by atoms with van der Waals surface area (Å²) in [7, 11) is 1.62. The van der Waals surface area contributed by atoms with Gasteiger partial charge in [-0.05, 0) is 37.0 Å². The number of nitrogens with zero attached hydrogens (tertiary/aromatic N) is 2. The monoisotopic (exact) mass is 347 g/mol. The molecular weight excluding hydrogens is 330 g/mol. The van der Waals surface area contributed by atoms with Crippen LogP contribution in [0.2, 0.25) is 0 Å². The molecule has 1 aromatic carbocycles. The van der Waals surface area contributed by atoms with Crippen LogP contribution in [0.5, 0.6) is 5.75 Å². The Balaban J connectivity index is 1.81. The summed E-state index contributed by atoms with van der Waals surface area (Å²) in [5, 5.41) is 19.5. The van der Waals surface area contributed by atoms with Crippen molar-refractivity contribution in [2.75, 3.05) is 7.11 Å². The zero-order valence-corrected chi connectivity index (χ0v) is 13.9. The largest absolute Gasteiger partial charge is 0.497 e. The van der Waals surface area contributed by atoms with Gasteiger partial charge in [-0.15, -0.1) is 5.10 Å². The zero-order valence-electron chi connectivity index (χ0n) is 13.1. The third-order valence-corrected chi connectivity index (χ3v) is 4.96. The second kappa shape index (κ2) is 7.04. The van der Waals surface area contributed by atoms with Crippen molar-refractivity contribution in [1.29, 1.82) is 0 Å². The zero-order chi connectivity index (χ0) is 17.1. The highest BCUT2D eigenvalue weighted by atomic mass is 32.2. The highest BCUT2D eigenvalue weighted by Gasteiger charge is 2.32. The minimum absolute atomic E-state index is 0.230. The number of carbonyl (C=O) groups excluding carboxylic acids is 1. The van der Waals surface area contributed by atoms with Crippen molar-refractivity contribution in [1.82, 2.24) is 5.32 Å². The number of nitrogens with one attached hydrogen (secondary N) is 1. The molecule has 0 radical (unpaired) electrons. The average molecular weight is 347 g/mol. The molecular formula is C16H17N3O4S. The number of hydrogen-bond acceptors (Lipinski definition) is 6. The van der Waals surface area contributed by atoms with Gasteiger partial charge in [0.25, 0.3) is 0 Å². The van der Waals surface area contributed by atoms with Crippen LogP contribution in [0.25, 0.3) is 0 Å². The highest BCUT2D eigenvalue weighted by molar-refractivity contribution is 8.15. The molecule has 1 aliphatic carbocycles. The number of benzene rings is 1. The number of carboxylic acid groups (broad SMARTS) is 1. The van der Waals surface area contributed by atoms with Crippen molar-refractivity contribution in [3.8, 4) is 5.75 Å². The van der Waals surface area contributed by atoms with Crippen molar-refractivity contribution in [3.63, 3.8) is 0 Å². The first-order chi connectivity index (χ1) is 11.6. The van der Waals surface area contributed by atoms with Gasteiger partial charge >= 0.3 is 5.97 Å². The molecule has 2 N–H and O–H groups in total. The lowest BCUT2D eigenvalue weighted by Gasteiger charge is -2.17. The number of carboxylic acids is 1. The second-order valence-electron chi connectivity index (χ2n) is 5.52. The summed E-state index contributed by atoms with van der Waals surface area (Å²) in [5.74, 6) is -0.586. The molecule has 8 heteroatoms. The predicted molar refractivity (Wildman–Crippen MR) is 91.7 cm³/mol. The molecule has 0 spiro atoms. The van der Waals surface area contributed by atoms with Crippen LogP contribution in [0, 0.1) is 0 Å². The van der Waals surface area contributed by atoms with E-state index in [-0.39, 0.29) is 12.3 Å². The molecule has 1 saturated heterocycles. The van der Waals surface area contributed by atoms with Gasteiger partial charge in [0.05, 0.1) is 19.2 Å². The van der Waals surface area contributed by atoms with Crippen LogP contribution in [-0.2, 0) is 16.0 Å². The molecule has 126 valence electrons. The molecule has 1 aliphatic heterocycles. The lowest BCUT2D eigenvalue weighted by Crippen LogP contribution is -2.26. The maximum atomic E-state index is 11.7. The molecule has 0 aromatic heterocycles. The molecule has 1 unspecified atom stereocenters. The van der Waals surface area contributed by atoms with E-state index in [0.717, 1.165) is 48.0 Å². The Morgan fingerprint density at radius 1 is 1.42 bits per heavy atom. The van der Waals surface area contributed by atoms with Crippen molar-refractivity contribution >= 4 is 34.5 Å². The Morgan fingerprint density at radius 3 is 3.00 bits per heavy atom. The van der Waals surface area contributed by atoms with E-state index < -0.39 is 11.2 Å². The van der Waals surface area contributed by atoms with Gasteiger partial charge in [-0.25, -0.2) is 0 Å². The van der Waals surface area contributed by atoms with Gasteiger partial charge in [-0.3, -0.25) is 9.59 Å². The van der Waals surface area contributed by atoms with Gasteiger partial charge in [0, 0.05) is 5.56 Å². The number of rotatable bonds is 4. The highest BCUT2D eigenvalue weighted by Crippen LogP contribution is 2.27. The fraction of sp³-hybridized carbons (Fsp3) is 0.375. The molecule has 1 aromatic rings. The van der Waals surface area contributed by atoms with Crippen LogP contribution < -0.4 is 10.1 Å². The third kappa shape index (κ3) is 3.59. The third-order valence-electron chi connectivity index (χ3n) is 3.89. The SMILES string of the molecule is COc1ccc2c(c1)C(=NN=C1NC(=O)C(CC(=O)O)S1)CCC2. The molecule has 0 bridgehead atoms. The maximum Gasteiger partial charge on any atom is 0.305 e. The Bertz CT molecular complexity index is 745. The van der Waals surface area contributed by atoms with E-state index in [0.29, 0.717) is 5.17 Å². The Morgan fingerprint density at radius 2 is 2.25 bits per heavy atom. The molecule has 3 rings (SSSR count). The van der Waals surface area contributed by atoms with Crippen LogP contribution in [-0.4, -0.2) is 40.2 Å². The number of carbonyl (C=O) groups is 2. The first kappa shape index (κ1) is 16.5. The minimum atomic E-state index is -1.01. The summed E-state index contributed by atoms with van der Waals surface area (Å²) in [4.78, 5) is 22.4. The van der Waals surface area contributed by atoms with Gasteiger partial charge in [-0.1, -0.05) is 17.8 Å². The summed E-state index contributed by atoms with van der Waals surface area (Å²) >= 11 is 1.10. The molecule has 0 saturated carbocycles. The smallest absolute Gasteiger partial charge is 0.305 e. The normalized spacial score (nSPS) is 23.2. The van der Waals surface area contributed by atoms with E-state index in [1.165, 1.54) is 5.56 Å². The number of ether oxygens (including phenoxy) is 1. The topological polar surface area (TPSA) is 100 Å². The van der Waals surface area contributed by atoms with Crippen LogP contribution in [0.4, 0.5) is 0 Å². The predicted octanol–water partition coefficient (Wildman–Crippen LogP) is 1.80. The van der Waals surface area contributed by atoms with Crippen LogP contribution in [0.1, 0.15) is 30.4 Å². The summed E-state index contributed by atoms with van der Waals surface area (Å²) in [6.07, 6.45) is 2.55. The second-order valence-corrected chi connectivity index (χ2v) is 6.71. The van der Waals surface area contributed by atoms with E-state index in [1.54, 1.807) is 7.11 Å². The lowest BCUT2D eigenvalue weighted by atomic mass is 9.90. The Labute approximate surface area is 143 Å². The number of aryl methyl sites for hydroxylation is 1. The molecule has 1 heterocycles. The molecule has 1 fully saturated rings. The first-order valence-corrected chi connectivity index (χ1v) is 8.46. The van der Waals surface area contributed by atoms with Crippen molar-refractivity contribution in [3.05, 3.63) is 29.3 Å². The molecule has 2 aliphatic rings. The number of aliphatic carboxylic acids is 1. The number of amides is 1. The first-order valence-electron chi connectivity index (χ1n) is 7.58. The fourth-order valence-corrected chi connectivity index (χ4v) is 3.61. The summed E-state index contributed by atoms with van der Waals surface area (Å²) in [6, 6.07) is 5.91. The number of amidine groups is 1. The summed E-state index contributed by atoms with van der Waals surface area (Å²) in [6.45, 7) is 0. The minimum Gasteiger partial charge on any atom is -0.497 e. The average Bonchev–Trinajstić information content (AvgIpc) is 2.91. The summed E-state index contributed by atoms with van der Waals surface area (Å²) in [5.41, 5.74) is 3.06. The number of methoxy groups -OCH3 is 1. The van der Waals surface area contributed by atoms with Gasteiger partial charge in [0.15, 0.2) is 5.17 Å². The lowest BCUT2D eigenvalue weighted by molar-refractivity contribution is -0.138. The molecule has 24 heavy (non-hydrogen) atoms. The van der Waals surface area contributed by atoms with E-state index in [4.69, 9.17) is 9.84 Å². The quantitative estimate of drug-likeness (QED) is 0.809. The van der Waals surface area contributed by atoms with E-state index >= 15 is 0 Å². The molecule has 1 atom stereocenters. The van der Waals surface area contributed by atoms with E-state index in [1.807, 2.05) is 18.2 Å². The van der Waals surface area contributed by atoms with Crippen LogP contribution in [0.3, 0.4) is 0 Å². The molecule has 7 nitrogen and oxygen atoms in total. The number of fused-ring (bicyclic) bond motifs is 1. The van der Waals surface area contributed by atoms with Gasteiger partial charge < -0.3 is 15.2 Å². The van der Waals surface area contributed by atoms with E-state index in [9.17, 15) is 9.59 Å². The van der Waals surface area contributed by atoms with Crippen LogP contribution in [0.15, 0.2) is 28.4 Å². The Kier molecular flexibility index (Phi) is 4.84. The maximum absolute atomic E-state index is 11.7.